The highest BCUT2D eigenvalue weighted by molar-refractivity contribution is 6.31. The van der Waals surface area contributed by atoms with Crippen LogP contribution in [0.4, 0.5) is 0 Å². The summed E-state index contributed by atoms with van der Waals surface area (Å²) in [5, 5.41) is 0.735. The van der Waals surface area contributed by atoms with E-state index in [1.54, 1.807) is 0 Å². The number of halogens is 1. The molecule has 2 fully saturated rings. The SMILES string of the molecule is Cc1cc(OC[C@@]2(CC(=O)N3CCOCC3)CCCN(Cc3cc(C)n(Cc4ccccc4)c3C)C2)ccc1Cl. The Hall–Kier alpha value is -2.80. The first-order valence-corrected chi connectivity index (χ1v) is 14.9. The number of carbonyl (C=O) groups is 1. The zero-order valence-electron chi connectivity index (χ0n) is 24.1. The van der Waals surface area contributed by atoms with Crippen LogP contribution >= 0.6 is 11.6 Å². The Balaban J connectivity index is 1.33. The summed E-state index contributed by atoms with van der Waals surface area (Å²) < 4.78 is 14.3. The monoisotopic (exact) mass is 563 g/mol. The first-order chi connectivity index (χ1) is 19.3. The number of piperidine rings is 1. The zero-order chi connectivity index (χ0) is 28.1. The predicted octanol–water partition coefficient (Wildman–Crippen LogP) is 6.03. The molecule has 3 aromatic rings. The van der Waals surface area contributed by atoms with Gasteiger partial charge in [-0.2, -0.15) is 0 Å². The molecule has 3 heterocycles. The Labute approximate surface area is 243 Å². The molecule has 214 valence electrons. The average molecular weight is 564 g/mol. The fourth-order valence-electron chi connectivity index (χ4n) is 6.23. The largest absolute Gasteiger partial charge is 0.493 e. The van der Waals surface area contributed by atoms with Crippen LogP contribution < -0.4 is 4.74 Å². The lowest BCUT2D eigenvalue weighted by Gasteiger charge is -2.43. The smallest absolute Gasteiger partial charge is 0.223 e. The van der Waals surface area contributed by atoms with Crippen LogP contribution in [0, 0.1) is 26.2 Å². The molecule has 1 aromatic heterocycles. The van der Waals surface area contributed by atoms with Crippen LogP contribution in [-0.2, 0) is 22.6 Å². The Morgan fingerprint density at radius 1 is 1.00 bits per heavy atom. The molecule has 0 radical (unpaired) electrons. The number of amides is 1. The van der Waals surface area contributed by atoms with Crippen molar-refractivity contribution >= 4 is 17.5 Å². The Bertz CT molecular complexity index is 1300. The molecule has 2 aliphatic heterocycles. The normalized spacial score (nSPS) is 20.1. The Morgan fingerprint density at radius 2 is 1.77 bits per heavy atom. The van der Waals surface area contributed by atoms with Crippen LogP contribution in [0.2, 0.25) is 5.02 Å². The van der Waals surface area contributed by atoms with Gasteiger partial charge in [0.1, 0.15) is 5.75 Å². The van der Waals surface area contributed by atoms with Crippen molar-refractivity contribution in [3.63, 3.8) is 0 Å². The van der Waals surface area contributed by atoms with Crippen molar-refractivity contribution in [3.8, 4) is 5.75 Å². The van der Waals surface area contributed by atoms with Crippen LogP contribution in [0.15, 0.2) is 54.6 Å². The number of likely N-dealkylation sites (tertiary alicyclic amines) is 1. The van der Waals surface area contributed by atoms with Crippen molar-refractivity contribution in [1.82, 2.24) is 14.4 Å². The van der Waals surface area contributed by atoms with Crippen molar-refractivity contribution in [1.29, 1.82) is 0 Å². The number of nitrogens with zero attached hydrogens (tertiary/aromatic N) is 3. The highest BCUT2D eigenvalue weighted by atomic mass is 35.5. The van der Waals surface area contributed by atoms with Crippen LogP contribution in [0.25, 0.3) is 0 Å². The minimum Gasteiger partial charge on any atom is -0.493 e. The van der Waals surface area contributed by atoms with E-state index in [1.165, 1.54) is 22.5 Å². The van der Waals surface area contributed by atoms with Crippen molar-refractivity contribution in [3.05, 3.63) is 87.7 Å². The number of rotatable bonds is 9. The second kappa shape index (κ2) is 12.8. The topological polar surface area (TPSA) is 46.9 Å². The molecule has 0 aliphatic carbocycles. The van der Waals surface area contributed by atoms with Crippen LogP contribution in [0.1, 0.15) is 47.3 Å². The molecule has 5 rings (SSSR count). The van der Waals surface area contributed by atoms with Gasteiger partial charge in [0.2, 0.25) is 5.91 Å². The summed E-state index contributed by atoms with van der Waals surface area (Å²) in [6.45, 7) is 13.1. The van der Waals surface area contributed by atoms with E-state index in [4.69, 9.17) is 21.1 Å². The molecule has 7 heteroatoms. The van der Waals surface area contributed by atoms with Gasteiger partial charge in [0.15, 0.2) is 0 Å². The Kier molecular flexibility index (Phi) is 9.19. The van der Waals surface area contributed by atoms with Gasteiger partial charge in [-0.25, -0.2) is 0 Å². The lowest BCUT2D eigenvalue weighted by Crippen LogP contribution is -2.50. The van der Waals surface area contributed by atoms with Gasteiger partial charge < -0.3 is 18.9 Å². The summed E-state index contributed by atoms with van der Waals surface area (Å²) in [6.07, 6.45) is 2.50. The summed E-state index contributed by atoms with van der Waals surface area (Å²) in [4.78, 5) is 18.0. The summed E-state index contributed by atoms with van der Waals surface area (Å²) in [6, 6.07) is 18.8. The van der Waals surface area contributed by atoms with Crippen molar-refractivity contribution in [2.45, 2.75) is 53.1 Å². The molecule has 2 aliphatic rings. The summed E-state index contributed by atoms with van der Waals surface area (Å²) in [5.41, 5.74) is 6.01. The van der Waals surface area contributed by atoms with E-state index in [-0.39, 0.29) is 11.3 Å². The number of carbonyl (C=O) groups excluding carboxylic acids is 1. The molecule has 2 aromatic carbocycles. The maximum Gasteiger partial charge on any atom is 0.223 e. The molecule has 2 saturated heterocycles. The number of aromatic nitrogens is 1. The number of ether oxygens (including phenoxy) is 2. The molecule has 0 N–H and O–H groups in total. The van der Waals surface area contributed by atoms with Gasteiger partial charge in [-0.05, 0) is 81.1 Å². The first kappa shape index (κ1) is 28.7. The minimum absolute atomic E-state index is 0.210. The maximum absolute atomic E-state index is 13.5. The molecule has 0 spiro atoms. The van der Waals surface area contributed by atoms with Gasteiger partial charge in [0.25, 0.3) is 0 Å². The van der Waals surface area contributed by atoms with E-state index in [9.17, 15) is 4.79 Å². The van der Waals surface area contributed by atoms with E-state index in [2.05, 4.69) is 59.7 Å². The number of benzene rings is 2. The predicted molar refractivity (Wildman–Crippen MR) is 160 cm³/mol. The van der Waals surface area contributed by atoms with E-state index < -0.39 is 0 Å². The number of morpholine rings is 1. The van der Waals surface area contributed by atoms with Gasteiger partial charge in [0.05, 0.1) is 19.8 Å². The van der Waals surface area contributed by atoms with E-state index in [0.717, 1.165) is 55.4 Å². The van der Waals surface area contributed by atoms with Crippen molar-refractivity contribution in [2.24, 2.45) is 5.41 Å². The molecule has 1 atom stereocenters. The standard InChI is InChI=1S/C33H42ClN3O3/c1-25-18-30(10-11-31(25)34)40-24-33(20-32(38)36-14-16-39-17-15-36)12-7-13-35(23-33)22-29-19-26(2)37(27(29)3)21-28-8-5-4-6-9-28/h4-6,8-11,18-19H,7,12-17,20-24H2,1-3H3/t33-/m1/s1. The highest BCUT2D eigenvalue weighted by Gasteiger charge is 2.40. The van der Waals surface area contributed by atoms with Gasteiger partial charge in [-0.3, -0.25) is 9.69 Å². The number of hydrogen-bond donors (Lipinski definition) is 0. The van der Waals surface area contributed by atoms with E-state index in [0.29, 0.717) is 39.3 Å². The minimum atomic E-state index is -0.253. The molecule has 1 amide bonds. The first-order valence-electron chi connectivity index (χ1n) is 14.5. The van der Waals surface area contributed by atoms with Crippen molar-refractivity contribution in [2.75, 3.05) is 46.0 Å². The zero-order valence-corrected chi connectivity index (χ0v) is 24.9. The molecule has 0 unspecified atom stereocenters. The second-order valence-electron chi connectivity index (χ2n) is 11.7. The lowest BCUT2D eigenvalue weighted by atomic mass is 9.77. The summed E-state index contributed by atoms with van der Waals surface area (Å²) in [7, 11) is 0. The van der Waals surface area contributed by atoms with Gasteiger partial charge in [0, 0.05) is 61.0 Å². The number of aryl methyl sites for hydroxylation is 2. The lowest BCUT2D eigenvalue weighted by molar-refractivity contribution is -0.139. The van der Waals surface area contributed by atoms with E-state index in [1.807, 2.05) is 30.0 Å². The maximum atomic E-state index is 13.5. The fraction of sp³-hybridized carbons (Fsp3) is 0.485. The fourth-order valence-corrected chi connectivity index (χ4v) is 6.35. The Morgan fingerprint density at radius 3 is 2.52 bits per heavy atom. The molecule has 40 heavy (non-hydrogen) atoms. The third-order valence-electron chi connectivity index (χ3n) is 8.56. The number of hydrogen-bond acceptors (Lipinski definition) is 4. The molecule has 6 nitrogen and oxygen atoms in total. The third-order valence-corrected chi connectivity index (χ3v) is 8.98. The van der Waals surface area contributed by atoms with Crippen LogP contribution in [0.5, 0.6) is 5.75 Å². The van der Waals surface area contributed by atoms with Gasteiger partial charge >= 0.3 is 0 Å². The van der Waals surface area contributed by atoms with Gasteiger partial charge in [-0.15, -0.1) is 0 Å². The van der Waals surface area contributed by atoms with Crippen LogP contribution in [-0.4, -0.2) is 66.3 Å². The molecule has 0 saturated carbocycles. The second-order valence-corrected chi connectivity index (χ2v) is 12.1. The van der Waals surface area contributed by atoms with Gasteiger partial charge in [-0.1, -0.05) is 41.9 Å². The quantitative estimate of drug-likeness (QED) is 0.319. The van der Waals surface area contributed by atoms with E-state index >= 15 is 0 Å². The average Bonchev–Trinajstić information content (AvgIpc) is 3.22. The molecule has 0 bridgehead atoms. The van der Waals surface area contributed by atoms with Crippen LogP contribution in [0.3, 0.4) is 0 Å². The summed E-state index contributed by atoms with van der Waals surface area (Å²) in [5.74, 6) is 1.02. The highest BCUT2D eigenvalue weighted by Crippen LogP contribution is 2.37. The third kappa shape index (κ3) is 6.91. The summed E-state index contributed by atoms with van der Waals surface area (Å²) >= 11 is 6.25. The molecular weight excluding hydrogens is 522 g/mol. The van der Waals surface area contributed by atoms with Crippen molar-refractivity contribution < 1.29 is 14.3 Å². The molecular formula is C33H42ClN3O3.